The minimum atomic E-state index is -0.331. The van der Waals surface area contributed by atoms with E-state index in [1.54, 1.807) is 24.3 Å². The molecule has 0 aliphatic carbocycles. The molecule has 0 radical (unpaired) electrons. The second-order valence-electron chi connectivity index (χ2n) is 3.94. The lowest BCUT2D eigenvalue weighted by Gasteiger charge is -2.05. The number of anilines is 1. The highest BCUT2D eigenvalue weighted by atomic mass is 35.5. The highest BCUT2D eigenvalue weighted by Gasteiger charge is 2.07. The molecule has 21 heavy (non-hydrogen) atoms. The third kappa shape index (κ3) is 4.80. The number of carbonyl (C=O) groups excluding carboxylic acids is 1. The van der Waals surface area contributed by atoms with E-state index < -0.39 is 0 Å². The van der Waals surface area contributed by atoms with Crippen molar-refractivity contribution >= 4 is 35.0 Å². The smallest absolute Gasteiger partial charge is 0.255 e. The molecule has 110 valence electrons. The van der Waals surface area contributed by atoms with Crippen molar-refractivity contribution in [1.29, 1.82) is 0 Å². The fraction of sp³-hybridized carbons (Fsp3) is 0.154. The molecule has 0 atom stereocenters. The fourth-order valence-corrected chi connectivity index (χ4v) is 2.24. The van der Waals surface area contributed by atoms with Gasteiger partial charge in [0.2, 0.25) is 11.8 Å². The lowest BCUT2D eigenvalue weighted by Crippen LogP contribution is -2.15. The van der Waals surface area contributed by atoms with E-state index in [4.69, 9.17) is 16.3 Å². The van der Waals surface area contributed by atoms with Crippen LogP contribution in [0.25, 0.3) is 0 Å². The summed E-state index contributed by atoms with van der Waals surface area (Å²) < 4.78 is 4.89. The number of rotatable bonds is 5. The first-order chi connectivity index (χ1) is 10.1. The SMILES string of the molecule is COc1cc(=O)[nH]c(SCC(=O)Nc2ccc(Cl)cc2)n1. The Labute approximate surface area is 129 Å². The molecular weight excluding hydrogens is 314 g/mol. The summed E-state index contributed by atoms with van der Waals surface area (Å²) in [5, 5.41) is 3.64. The van der Waals surface area contributed by atoms with Gasteiger partial charge in [-0.15, -0.1) is 0 Å². The number of ether oxygens (including phenoxy) is 1. The number of hydrogen-bond donors (Lipinski definition) is 2. The summed E-state index contributed by atoms with van der Waals surface area (Å²) in [6.45, 7) is 0. The van der Waals surface area contributed by atoms with E-state index in [0.717, 1.165) is 11.8 Å². The van der Waals surface area contributed by atoms with Gasteiger partial charge in [0, 0.05) is 10.7 Å². The number of methoxy groups -OCH3 is 1. The maximum atomic E-state index is 11.8. The third-order valence-electron chi connectivity index (χ3n) is 2.37. The molecule has 0 spiro atoms. The van der Waals surface area contributed by atoms with Gasteiger partial charge in [0.25, 0.3) is 5.56 Å². The number of hydrogen-bond acceptors (Lipinski definition) is 5. The predicted molar refractivity (Wildman–Crippen MR) is 82.2 cm³/mol. The van der Waals surface area contributed by atoms with Gasteiger partial charge in [0.05, 0.1) is 18.9 Å². The molecule has 0 aliphatic rings. The van der Waals surface area contributed by atoms with Gasteiger partial charge in [-0.05, 0) is 24.3 Å². The summed E-state index contributed by atoms with van der Waals surface area (Å²) >= 11 is 6.87. The second-order valence-corrected chi connectivity index (χ2v) is 5.34. The van der Waals surface area contributed by atoms with Gasteiger partial charge in [0.1, 0.15) is 0 Å². The summed E-state index contributed by atoms with van der Waals surface area (Å²) in [4.78, 5) is 29.7. The number of nitrogens with zero attached hydrogens (tertiary/aromatic N) is 1. The van der Waals surface area contributed by atoms with Crippen molar-refractivity contribution in [3.05, 3.63) is 45.7 Å². The lowest BCUT2D eigenvalue weighted by molar-refractivity contribution is -0.113. The number of aromatic nitrogens is 2. The molecule has 1 aromatic carbocycles. The number of benzene rings is 1. The number of carbonyl (C=O) groups is 1. The van der Waals surface area contributed by atoms with E-state index in [1.165, 1.54) is 13.2 Å². The third-order valence-corrected chi connectivity index (χ3v) is 3.50. The Morgan fingerprint density at radius 2 is 2.14 bits per heavy atom. The topological polar surface area (TPSA) is 84.1 Å². The molecule has 0 saturated heterocycles. The molecule has 1 aromatic heterocycles. The Bertz CT molecular complexity index is 688. The molecular formula is C13H12ClN3O3S. The summed E-state index contributed by atoms with van der Waals surface area (Å²) in [6, 6.07) is 8.02. The van der Waals surface area contributed by atoms with E-state index in [2.05, 4.69) is 15.3 Å². The molecule has 2 aromatic rings. The highest BCUT2D eigenvalue weighted by molar-refractivity contribution is 7.99. The van der Waals surface area contributed by atoms with Crippen molar-refractivity contribution in [2.24, 2.45) is 0 Å². The first-order valence-electron chi connectivity index (χ1n) is 5.90. The van der Waals surface area contributed by atoms with Crippen LogP contribution in [0.4, 0.5) is 5.69 Å². The van der Waals surface area contributed by atoms with Crippen LogP contribution in [0.15, 0.2) is 40.3 Å². The van der Waals surface area contributed by atoms with Crippen LogP contribution >= 0.6 is 23.4 Å². The zero-order chi connectivity index (χ0) is 15.2. The van der Waals surface area contributed by atoms with Gasteiger partial charge in [-0.25, -0.2) is 0 Å². The molecule has 1 heterocycles. The van der Waals surface area contributed by atoms with Gasteiger partial charge in [-0.2, -0.15) is 4.98 Å². The Kier molecular flexibility index (Phi) is 5.24. The van der Waals surface area contributed by atoms with E-state index in [1.807, 2.05) is 0 Å². The Balaban J connectivity index is 1.93. The van der Waals surface area contributed by atoms with Crippen LogP contribution < -0.4 is 15.6 Å². The molecule has 8 heteroatoms. The van der Waals surface area contributed by atoms with Crippen LogP contribution in [0.5, 0.6) is 5.88 Å². The molecule has 2 rings (SSSR count). The van der Waals surface area contributed by atoms with E-state index in [-0.39, 0.29) is 23.1 Å². The highest BCUT2D eigenvalue weighted by Crippen LogP contribution is 2.16. The standard InChI is InChI=1S/C13H12ClN3O3S/c1-20-12-6-10(18)16-13(17-12)21-7-11(19)15-9-4-2-8(14)3-5-9/h2-6H,7H2,1H3,(H,15,19)(H,16,17,18). The number of amides is 1. The molecule has 0 bridgehead atoms. The van der Waals surface area contributed by atoms with Gasteiger partial charge in [-0.3, -0.25) is 9.59 Å². The Hall–Kier alpha value is -1.99. The van der Waals surface area contributed by atoms with Gasteiger partial charge in [-0.1, -0.05) is 23.4 Å². The van der Waals surface area contributed by atoms with Crippen LogP contribution in [0.3, 0.4) is 0 Å². The molecule has 1 amide bonds. The summed E-state index contributed by atoms with van der Waals surface area (Å²) in [5.74, 6) is 0.103. The van der Waals surface area contributed by atoms with Crippen LogP contribution in [-0.4, -0.2) is 28.7 Å². The quantitative estimate of drug-likeness (QED) is 0.650. The average Bonchev–Trinajstić information content (AvgIpc) is 2.47. The number of H-pyrrole nitrogens is 1. The van der Waals surface area contributed by atoms with Gasteiger partial charge >= 0.3 is 0 Å². The fourth-order valence-electron chi connectivity index (χ4n) is 1.45. The second kappa shape index (κ2) is 7.14. The van der Waals surface area contributed by atoms with Crippen molar-refractivity contribution in [3.63, 3.8) is 0 Å². The normalized spacial score (nSPS) is 10.2. The zero-order valence-electron chi connectivity index (χ0n) is 11.1. The van der Waals surface area contributed by atoms with Crippen molar-refractivity contribution in [2.45, 2.75) is 5.16 Å². The predicted octanol–water partition coefficient (Wildman–Crippen LogP) is 2.16. The Morgan fingerprint density at radius 3 is 2.81 bits per heavy atom. The van der Waals surface area contributed by atoms with Crippen LogP contribution in [0.1, 0.15) is 0 Å². The van der Waals surface area contributed by atoms with Crippen molar-refractivity contribution in [1.82, 2.24) is 9.97 Å². The van der Waals surface area contributed by atoms with E-state index >= 15 is 0 Å². The largest absolute Gasteiger partial charge is 0.481 e. The zero-order valence-corrected chi connectivity index (χ0v) is 12.6. The van der Waals surface area contributed by atoms with Crippen molar-refractivity contribution < 1.29 is 9.53 Å². The molecule has 0 unspecified atom stereocenters. The monoisotopic (exact) mass is 325 g/mol. The van der Waals surface area contributed by atoms with Gasteiger partial charge in [0.15, 0.2) is 5.16 Å². The first-order valence-corrected chi connectivity index (χ1v) is 7.27. The van der Waals surface area contributed by atoms with Crippen molar-refractivity contribution in [2.75, 3.05) is 18.2 Å². The minimum Gasteiger partial charge on any atom is -0.481 e. The number of thioether (sulfide) groups is 1. The summed E-state index contributed by atoms with van der Waals surface area (Å²) in [5.41, 5.74) is 0.319. The average molecular weight is 326 g/mol. The van der Waals surface area contributed by atoms with E-state index in [9.17, 15) is 9.59 Å². The number of halogens is 1. The van der Waals surface area contributed by atoms with Crippen molar-refractivity contribution in [3.8, 4) is 5.88 Å². The molecule has 2 N–H and O–H groups in total. The maximum absolute atomic E-state index is 11.8. The summed E-state index contributed by atoms with van der Waals surface area (Å²) in [6.07, 6.45) is 0. The van der Waals surface area contributed by atoms with Crippen LogP contribution in [-0.2, 0) is 4.79 Å². The van der Waals surface area contributed by atoms with Crippen LogP contribution in [0.2, 0.25) is 5.02 Å². The maximum Gasteiger partial charge on any atom is 0.255 e. The molecule has 0 saturated carbocycles. The molecule has 6 nitrogen and oxygen atoms in total. The molecule has 0 fully saturated rings. The van der Waals surface area contributed by atoms with E-state index in [0.29, 0.717) is 15.9 Å². The number of nitrogens with one attached hydrogen (secondary N) is 2. The van der Waals surface area contributed by atoms with Crippen LogP contribution in [0, 0.1) is 0 Å². The molecule has 0 aliphatic heterocycles. The Morgan fingerprint density at radius 1 is 1.43 bits per heavy atom. The van der Waals surface area contributed by atoms with Gasteiger partial charge < -0.3 is 15.0 Å². The minimum absolute atomic E-state index is 0.110. The first kappa shape index (κ1) is 15.4. The lowest BCUT2D eigenvalue weighted by atomic mass is 10.3. The number of aromatic amines is 1. The summed E-state index contributed by atoms with van der Waals surface area (Å²) in [7, 11) is 1.42.